The van der Waals surface area contributed by atoms with Crippen LogP contribution in [0.5, 0.6) is 0 Å². The molecule has 0 aliphatic rings. The van der Waals surface area contributed by atoms with Gasteiger partial charge in [0.25, 0.3) is 11.9 Å². The first kappa shape index (κ1) is 38.0. The van der Waals surface area contributed by atoms with Crippen molar-refractivity contribution in [3.05, 3.63) is 75.7 Å². The Morgan fingerprint density at radius 3 is 1.96 bits per heavy atom. The van der Waals surface area contributed by atoms with Crippen molar-refractivity contribution in [1.82, 2.24) is 10.6 Å². The Kier molecular flexibility index (Phi) is 16.4. The van der Waals surface area contributed by atoms with Gasteiger partial charge in [-0.15, -0.1) is 0 Å². The number of ether oxygens (including phenoxy) is 1. The largest absolute Gasteiger partial charge is 0.380 e. The molecule has 0 aromatic heterocycles. The molecule has 0 saturated carbocycles. The number of nitrogens with one attached hydrogen (secondary N) is 2. The Hall–Kier alpha value is -3.14. The quantitative estimate of drug-likeness (QED) is 0.110. The molecule has 2 aromatic rings. The van der Waals surface area contributed by atoms with E-state index in [2.05, 4.69) is 45.3 Å². The summed E-state index contributed by atoms with van der Waals surface area (Å²) < 4.78 is 6.96. The number of carbonyl (C=O) groups is 2. The van der Waals surface area contributed by atoms with Crippen LogP contribution in [0.2, 0.25) is 0 Å². The fraction of sp³-hybridized carbons (Fsp3) is 0.611. The van der Waals surface area contributed by atoms with Crippen molar-refractivity contribution in [3.8, 4) is 0 Å². The third-order valence-electron chi connectivity index (χ3n) is 8.03. The fourth-order valence-electron chi connectivity index (χ4n) is 5.22. The van der Waals surface area contributed by atoms with Crippen LogP contribution in [0.4, 0.5) is 0 Å². The number of nitroso groups, excluding NO2 is 1. The molecule has 2 aromatic carbocycles. The molecule has 2 rings (SSSR count). The van der Waals surface area contributed by atoms with Crippen molar-refractivity contribution in [3.63, 3.8) is 0 Å². The number of nitrogens with zero attached hydrogens (tertiary/aromatic N) is 1. The molecule has 1 unspecified atom stereocenters. The normalized spacial score (nSPS) is 12.5. The second-order valence-electron chi connectivity index (χ2n) is 13.8. The van der Waals surface area contributed by atoms with E-state index in [-0.39, 0.29) is 29.2 Å². The fourth-order valence-corrected chi connectivity index (χ4v) is 5.22. The SMILES string of the molecule is CCCC(C)(C)COCC(C)(C)CNC(=O)C(CCCCNC(=O)Cc1ccc(CN)cc1)[N+](=O)CCc1ccc(CN)cc1. The maximum atomic E-state index is 13.4. The maximum Gasteiger partial charge on any atom is 0.293 e. The number of unbranched alkanes of at least 4 members (excludes halogenated alkanes) is 1. The number of hydrogen-bond donors (Lipinski definition) is 4. The molecule has 0 aliphatic heterocycles. The first-order valence-corrected chi connectivity index (χ1v) is 16.5. The zero-order valence-electron chi connectivity index (χ0n) is 28.3. The van der Waals surface area contributed by atoms with Gasteiger partial charge in [0.2, 0.25) is 5.91 Å². The molecule has 250 valence electrons. The van der Waals surface area contributed by atoms with Crippen LogP contribution >= 0.6 is 0 Å². The van der Waals surface area contributed by atoms with Crippen LogP contribution in [-0.4, -0.2) is 55.5 Å². The minimum atomic E-state index is -0.815. The summed E-state index contributed by atoms with van der Waals surface area (Å²) in [6.45, 7) is 13.9. The van der Waals surface area contributed by atoms with Gasteiger partial charge in [-0.1, -0.05) is 89.6 Å². The number of hydrogen-bond acceptors (Lipinski definition) is 6. The molecule has 0 saturated heterocycles. The molecule has 6 N–H and O–H groups in total. The summed E-state index contributed by atoms with van der Waals surface area (Å²) in [4.78, 5) is 39.1. The lowest BCUT2D eigenvalue weighted by molar-refractivity contribution is -0.573. The summed E-state index contributed by atoms with van der Waals surface area (Å²) in [7, 11) is 0. The highest BCUT2D eigenvalue weighted by atomic mass is 16.5. The zero-order valence-corrected chi connectivity index (χ0v) is 28.3. The van der Waals surface area contributed by atoms with Gasteiger partial charge in [-0.2, -0.15) is 0 Å². The predicted octanol–water partition coefficient (Wildman–Crippen LogP) is 4.81. The highest BCUT2D eigenvalue weighted by molar-refractivity contribution is 5.80. The van der Waals surface area contributed by atoms with Gasteiger partial charge in [0.15, 0.2) is 6.54 Å². The van der Waals surface area contributed by atoms with Crippen LogP contribution in [0.1, 0.15) is 89.0 Å². The molecular weight excluding hydrogens is 566 g/mol. The molecule has 45 heavy (non-hydrogen) atoms. The third-order valence-corrected chi connectivity index (χ3v) is 8.03. The van der Waals surface area contributed by atoms with E-state index in [9.17, 15) is 14.5 Å². The molecule has 0 aliphatic carbocycles. The molecule has 0 spiro atoms. The minimum absolute atomic E-state index is 0.0570. The highest BCUT2D eigenvalue weighted by Crippen LogP contribution is 2.24. The Bertz CT molecular complexity index is 1180. The Morgan fingerprint density at radius 2 is 1.38 bits per heavy atom. The van der Waals surface area contributed by atoms with Crippen LogP contribution in [0.25, 0.3) is 0 Å². The lowest BCUT2D eigenvalue weighted by Crippen LogP contribution is -2.46. The second-order valence-corrected chi connectivity index (χ2v) is 13.8. The smallest absolute Gasteiger partial charge is 0.293 e. The van der Waals surface area contributed by atoms with Crippen molar-refractivity contribution in [1.29, 1.82) is 0 Å². The summed E-state index contributed by atoms with van der Waals surface area (Å²) in [5, 5.41) is 5.98. The molecular formula is C36H58N5O4+. The molecule has 9 nitrogen and oxygen atoms in total. The highest BCUT2D eigenvalue weighted by Gasteiger charge is 2.34. The van der Waals surface area contributed by atoms with Gasteiger partial charge in [0.1, 0.15) is 0 Å². The van der Waals surface area contributed by atoms with Crippen LogP contribution in [0.3, 0.4) is 0 Å². The Balaban J connectivity index is 1.90. The molecule has 0 radical (unpaired) electrons. The number of amides is 2. The van der Waals surface area contributed by atoms with Gasteiger partial charge in [-0.05, 0) is 46.9 Å². The van der Waals surface area contributed by atoms with Gasteiger partial charge in [0, 0.05) is 54.1 Å². The van der Waals surface area contributed by atoms with Gasteiger partial charge in [-0.25, -0.2) is 0 Å². The minimum Gasteiger partial charge on any atom is -0.380 e. The molecule has 9 heteroatoms. The van der Waals surface area contributed by atoms with Gasteiger partial charge >= 0.3 is 0 Å². The first-order valence-electron chi connectivity index (χ1n) is 16.5. The average Bonchev–Trinajstić information content (AvgIpc) is 3.01. The van der Waals surface area contributed by atoms with Gasteiger partial charge < -0.3 is 26.8 Å². The van der Waals surface area contributed by atoms with Crippen LogP contribution in [0.15, 0.2) is 48.5 Å². The lowest BCUT2D eigenvalue weighted by atomic mass is 9.89. The lowest BCUT2D eigenvalue weighted by Gasteiger charge is -2.29. The van der Waals surface area contributed by atoms with E-state index in [4.69, 9.17) is 16.2 Å². The summed E-state index contributed by atoms with van der Waals surface area (Å²) in [5.74, 6) is -0.328. The maximum absolute atomic E-state index is 13.4. The van der Waals surface area contributed by atoms with E-state index in [1.807, 2.05) is 48.5 Å². The topological polar surface area (TPSA) is 140 Å². The summed E-state index contributed by atoms with van der Waals surface area (Å²) in [6, 6.07) is 14.8. The van der Waals surface area contributed by atoms with Crippen LogP contribution < -0.4 is 22.1 Å². The van der Waals surface area contributed by atoms with Gasteiger partial charge in [0.05, 0.1) is 19.6 Å². The van der Waals surface area contributed by atoms with Crippen molar-refractivity contribution in [2.75, 3.05) is 32.8 Å². The monoisotopic (exact) mass is 624 g/mol. The molecule has 2 amide bonds. The van der Waals surface area contributed by atoms with E-state index in [0.717, 1.165) is 39.9 Å². The average molecular weight is 625 g/mol. The zero-order chi connectivity index (χ0) is 33.3. The van der Waals surface area contributed by atoms with Crippen molar-refractivity contribution < 1.29 is 19.1 Å². The summed E-state index contributed by atoms with van der Waals surface area (Å²) in [5.41, 5.74) is 15.2. The van der Waals surface area contributed by atoms with E-state index >= 15 is 0 Å². The first-order chi connectivity index (χ1) is 21.4. The standard InChI is InChI=1S/C36H57N5O4/c1-6-19-35(2,3)26-45-27-36(4,5)25-40-34(43)32(41(44)21-18-28-10-14-30(23-37)15-11-28)9-7-8-20-39-33(42)22-29-12-16-31(24-38)17-13-29/h10-17,32H,6-9,18-27,37-38H2,1-5H3,(H-,39,40,42,43)/p+1. The number of carbonyl (C=O) groups excluding carboxylic acids is 2. The Morgan fingerprint density at radius 1 is 0.822 bits per heavy atom. The van der Waals surface area contributed by atoms with E-state index < -0.39 is 6.04 Å². The molecule has 0 heterocycles. The number of benzene rings is 2. The third kappa shape index (κ3) is 15.1. The summed E-state index contributed by atoms with van der Waals surface area (Å²) >= 11 is 0. The van der Waals surface area contributed by atoms with Crippen molar-refractivity contribution >= 4 is 11.8 Å². The predicted molar refractivity (Wildman–Crippen MR) is 182 cm³/mol. The number of rotatable bonds is 22. The van der Waals surface area contributed by atoms with E-state index in [1.165, 1.54) is 0 Å². The van der Waals surface area contributed by atoms with Crippen LogP contribution in [-0.2, 0) is 40.3 Å². The Labute approximate surface area is 270 Å². The van der Waals surface area contributed by atoms with Crippen molar-refractivity contribution in [2.45, 2.75) is 98.7 Å². The number of nitrogens with two attached hydrogens (primary N) is 2. The second kappa shape index (κ2) is 19.4. The molecule has 0 bridgehead atoms. The van der Waals surface area contributed by atoms with E-state index in [0.29, 0.717) is 71.5 Å². The van der Waals surface area contributed by atoms with E-state index in [1.54, 1.807) is 0 Å². The summed E-state index contributed by atoms with van der Waals surface area (Å²) in [6.07, 6.45) is 4.74. The van der Waals surface area contributed by atoms with Gasteiger partial charge in [-0.3, -0.25) is 9.59 Å². The molecule has 1 atom stereocenters. The van der Waals surface area contributed by atoms with Crippen molar-refractivity contribution in [2.24, 2.45) is 22.3 Å². The molecule has 0 fully saturated rings. The van der Waals surface area contributed by atoms with Crippen LogP contribution in [0, 0.1) is 15.7 Å².